The molecule has 1 saturated heterocycles. The molecule has 0 aliphatic carbocycles. The monoisotopic (exact) mass is 290 g/mol. The highest BCUT2D eigenvalue weighted by molar-refractivity contribution is 5.90. The van der Waals surface area contributed by atoms with Gasteiger partial charge < -0.3 is 10.6 Å². The van der Waals surface area contributed by atoms with E-state index in [0.29, 0.717) is 13.1 Å². The highest BCUT2D eigenvalue weighted by Crippen LogP contribution is 2.20. The van der Waals surface area contributed by atoms with Crippen molar-refractivity contribution >= 4 is 11.7 Å². The number of aromatic nitrogens is 1. The first-order chi connectivity index (χ1) is 10.0. The number of nitrogens with zero attached hydrogens (tertiary/aromatic N) is 2. The molecule has 114 valence electrons. The summed E-state index contributed by atoms with van der Waals surface area (Å²) in [5, 5.41) is 0. The minimum atomic E-state index is -0.525. The van der Waals surface area contributed by atoms with Gasteiger partial charge in [0, 0.05) is 18.7 Å². The van der Waals surface area contributed by atoms with Crippen LogP contribution in [0.25, 0.3) is 0 Å². The van der Waals surface area contributed by atoms with E-state index >= 15 is 0 Å². The van der Waals surface area contributed by atoms with E-state index in [0.717, 1.165) is 12.8 Å². The first-order valence-electron chi connectivity index (χ1n) is 7.53. The summed E-state index contributed by atoms with van der Waals surface area (Å²) >= 11 is 0. The molecular formula is C16H24N3O2+. The molecule has 2 N–H and O–H groups in total. The maximum absolute atomic E-state index is 12.5. The highest BCUT2D eigenvalue weighted by Gasteiger charge is 2.37. The predicted molar refractivity (Wildman–Crippen MR) is 79.2 cm³/mol. The predicted octanol–water partition coefficient (Wildman–Crippen LogP) is 0.518. The molecule has 2 heterocycles. The van der Waals surface area contributed by atoms with Crippen LogP contribution in [0.15, 0.2) is 30.6 Å². The van der Waals surface area contributed by atoms with E-state index in [-0.39, 0.29) is 23.7 Å². The second-order valence-corrected chi connectivity index (χ2v) is 5.97. The molecule has 5 nitrogen and oxygen atoms in total. The fourth-order valence-electron chi connectivity index (χ4n) is 2.67. The normalized spacial score (nSPS) is 19.8. The molecule has 5 heteroatoms. The summed E-state index contributed by atoms with van der Waals surface area (Å²) in [6, 6.07) is 4.84. The van der Waals surface area contributed by atoms with E-state index in [1.807, 2.05) is 49.0 Å². The standard InChI is InChI=1S/C16H24N3O2/c1-12(2)15(17)16(21)19-10-6-7-13(19)14(20)11-18-8-4-3-5-9-18/h3-5,8-9,12-13,15H,6-7,10-11,17H2,1-2H3/q+1/t13-,15-/m0/s1. The molecule has 1 aromatic heterocycles. The molecular weight excluding hydrogens is 266 g/mol. The largest absolute Gasteiger partial charge is 0.331 e. The van der Waals surface area contributed by atoms with Crippen LogP contribution < -0.4 is 10.3 Å². The second kappa shape index (κ2) is 6.80. The lowest BCUT2D eigenvalue weighted by Gasteiger charge is -2.27. The average Bonchev–Trinajstić information content (AvgIpc) is 2.96. The lowest BCUT2D eigenvalue weighted by Crippen LogP contribution is -2.52. The van der Waals surface area contributed by atoms with Crippen LogP contribution in [0, 0.1) is 5.92 Å². The van der Waals surface area contributed by atoms with Crippen molar-refractivity contribution in [2.24, 2.45) is 11.7 Å². The Kier molecular flexibility index (Phi) is 5.07. The zero-order valence-corrected chi connectivity index (χ0v) is 12.7. The molecule has 1 fully saturated rings. The van der Waals surface area contributed by atoms with Gasteiger partial charge in [0.2, 0.25) is 18.2 Å². The number of hydrogen-bond acceptors (Lipinski definition) is 3. The van der Waals surface area contributed by atoms with Gasteiger partial charge in [-0.25, -0.2) is 0 Å². The van der Waals surface area contributed by atoms with Crippen LogP contribution in [0.2, 0.25) is 0 Å². The topological polar surface area (TPSA) is 67.3 Å². The van der Waals surface area contributed by atoms with E-state index in [1.165, 1.54) is 0 Å². The van der Waals surface area contributed by atoms with Crippen molar-refractivity contribution in [3.63, 3.8) is 0 Å². The Morgan fingerprint density at radius 3 is 2.57 bits per heavy atom. The van der Waals surface area contributed by atoms with E-state index in [2.05, 4.69) is 0 Å². The minimum absolute atomic E-state index is 0.0769. The van der Waals surface area contributed by atoms with Gasteiger partial charge in [-0.15, -0.1) is 0 Å². The lowest BCUT2D eigenvalue weighted by molar-refractivity contribution is -0.684. The lowest BCUT2D eigenvalue weighted by atomic mass is 10.0. The van der Waals surface area contributed by atoms with E-state index in [4.69, 9.17) is 5.73 Å². The van der Waals surface area contributed by atoms with Gasteiger partial charge in [-0.3, -0.25) is 9.59 Å². The third kappa shape index (κ3) is 3.67. The summed E-state index contributed by atoms with van der Waals surface area (Å²) in [5.74, 6) is 0.0595. The summed E-state index contributed by atoms with van der Waals surface area (Å²) in [6.07, 6.45) is 5.33. The molecule has 1 aliphatic rings. The molecule has 1 aromatic rings. The summed E-state index contributed by atoms with van der Waals surface area (Å²) in [6.45, 7) is 4.78. The molecule has 1 aliphatic heterocycles. The molecule has 0 aromatic carbocycles. The van der Waals surface area contributed by atoms with Gasteiger partial charge in [-0.1, -0.05) is 19.9 Å². The van der Waals surface area contributed by atoms with Gasteiger partial charge >= 0.3 is 0 Å². The molecule has 0 saturated carbocycles. The molecule has 0 bridgehead atoms. The molecule has 0 unspecified atom stereocenters. The number of Topliss-reactive ketones (excluding diaryl/α,β-unsaturated/α-hetero) is 1. The zero-order valence-electron chi connectivity index (χ0n) is 12.7. The fraction of sp³-hybridized carbons (Fsp3) is 0.562. The van der Waals surface area contributed by atoms with Crippen molar-refractivity contribution < 1.29 is 14.2 Å². The van der Waals surface area contributed by atoms with Gasteiger partial charge in [0.05, 0.1) is 12.1 Å². The number of carbonyl (C=O) groups is 2. The van der Waals surface area contributed by atoms with Crippen molar-refractivity contribution in [2.45, 2.75) is 45.3 Å². The molecule has 1 amide bonds. The average molecular weight is 290 g/mol. The number of carbonyl (C=O) groups excluding carboxylic acids is 2. The number of rotatable bonds is 5. The zero-order chi connectivity index (χ0) is 15.4. The molecule has 21 heavy (non-hydrogen) atoms. The number of likely N-dealkylation sites (tertiary alicyclic amines) is 1. The van der Waals surface area contributed by atoms with Crippen LogP contribution in [0.1, 0.15) is 26.7 Å². The Hall–Kier alpha value is -1.75. The maximum atomic E-state index is 12.5. The van der Waals surface area contributed by atoms with E-state index in [1.54, 1.807) is 4.90 Å². The van der Waals surface area contributed by atoms with Gasteiger partial charge in [0.15, 0.2) is 12.4 Å². The number of hydrogen-bond donors (Lipinski definition) is 1. The van der Waals surface area contributed by atoms with Gasteiger partial charge in [0.25, 0.3) is 0 Å². The van der Waals surface area contributed by atoms with Crippen LogP contribution in [0.5, 0.6) is 0 Å². The van der Waals surface area contributed by atoms with Crippen molar-refractivity contribution in [1.82, 2.24) is 4.90 Å². The first-order valence-corrected chi connectivity index (χ1v) is 7.53. The molecule has 2 rings (SSSR count). The molecule has 0 radical (unpaired) electrons. The second-order valence-electron chi connectivity index (χ2n) is 5.97. The minimum Gasteiger partial charge on any atom is -0.331 e. The number of pyridine rings is 1. The number of amides is 1. The van der Waals surface area contributed by atoms with Gasteiger partial charge in [-0.2, -0.15) is 4.57 Å². The van der Waals surface area contributed by atoms with Crippen molar-refractivity contribution in [3.8, 4) is 0 Å². The summed E-state index contributed by atoms with van der Waals surface area (Å²) in [4.78, 5) is 26.5. The summed E-state index contributed by atoms with van der Waals surface area (Å²) in [5.41, 5.74) is 5.95. The van der Waals surface area contributed by atoms with Crippen molar-refractivity contribution in [1.29, 1.82) is 0 Å². The van der Waals surface area contributed by atoms with Gasteiger partial charge in [-0.05, 0) is 18.8 Å². The van der Waals surface area contributed by atoms with E-state index in [9.17, 15) is 9.59 Å². The SMILES string of the molecule is CC(C)[C@H](N)C(=O)N1CCC[C@H]1C(=O)C[n+]1ccccc1. The molecule has 2 atom stereocenters. The Balaban J connectivity index is 2.04. The Morgan fingerprint density at radius 2 is 1.95 bits per heavy atom. The maximum Gasteiger partial charge on any atom is 0.240 e. The number of nitrogens with two attached hydrogens (primary N) is 1. The Bertz CT molecular complexity index is 502. The van der Waals surface area contributed by atoms with Crippen LogP contribution in [-0.2, 0) is 16.1 Å². The van der Waals surface area contributed by atoms with Crippen molar-refractivity contribution in [3.05, 3.63) is 30.6 Å². The van der Waals surface area contributed by atoms with Crippen molar-refractivity contribution in [2.75, 3.05) is 6.54 Å². The smallest absolute Gasteiger partial charge is 0.240 e. The number of ketones is 1. The summed E-state index contributed by atoms with van der Waals surface area (Å²) in [7, 11) is 0. The summed E-state index contributed by atoms with van der Waals surface area (Å²) < 4.78 is 1.84. The first kappa shape index (κ1) is 15.6. The molecule has 0 spiro atoms. The highest BCUT2D eigenvalue weighted by atomic mass is 16.2. The third-order valence-electron chi connectivity index (χ3n) is 4.03. The van der Waals surface area contributed by atoms with Gasteiger partial charge in [0.1, 0.15) is 0 Å². The van der Waals surface area contributed by atoms with E-state index < -0.39 is 6.04 Å². The van der Waals surface area contributed by atoms with Crippen LogP contribution in [0.4, 0.5) is 0 Å². The Labute approximate surface area is 125 Å². The van der Waals surface area contributed by atoms with Crippen LogP contribution in [0.3, 0.4) is 0 Å². The Morgan fingerprint density at radius 1 is 1.29 bits per heavy atom. The third-order valence-corrected chi connectivity index (χ3v) is 4.03. The quantitative estimate of drug-likeness (QED) is 0.804. The fourth-order valence-corrected chi connectivity index (χ4v) is 2.67. The van der Waals surface area contributed by atoms with Crippen LogP contribution >= 0.6 is 0 Å². The van der Waals surface area contributed by atoms with Crippen LogP contribution in [-0.4, -0.2) is 35.2 Å².